The van der Waals surface area contributed by atoms with Crippen LogP contribution < -0.4 is 5.32 Å². The van der Waals surface area contributed by atoms with Gasteiger partial charge in [0, 0.05) is 25.2 Å². The lowest BCUT2D eigenvalue weighted by atomic mass is 10.1. The zero-order valence-electron chi connectivity index (χ0n) is 14.8. The number of carbonyl (C=O) groups excluding carboxylic acids is 2. The van der Waals surface area contributed by atoms with E-state index in [-0.39, 0.29) is 30.3 Å². The molecule has 0 spiro atoms. The zero-order valence-corrected chi connectivity index (χ0v) is 15.6. The number of carbonyl (C=O) groups is 2. The first-order chi connectivity index (χ1) is 12.8. The summed E-state index contributed by atoms with van der Waals surface area (Å²) in [6.45, 7) is 2.23. The molecule has 1 aliphatic rings. The second kappa shape index (κ2) is 8.91. The van der Waals surface area contributed by atoms with Crippen molar-refractivity contribution < 1.29 is 27.7 Å². The number of non-ortho nitro benzene ring substituents is 1. The van der Waals surface area contributed by atoms with E-state index in [1.54, 1.807) is 0 Å². The molecule has 1 aromatic carbocycles. The van der Waals surface area contributed by atoms with Gasteiger partial charge in [0.1, 0.15) is 6.04 Å². The third-order valence-electron chi connectivity index (χ3n) is 4.06. The van der Waals surface area contributed by atoms with E-state index >= 15 is 0 Å². The second-order valence-electron chi connectivity index (χ2n) is 5.95. The van der Waals surface area contributed by atoms with Crippen LogP contribution in [0.4, 0.5) is 5.69 Å². The number of hydrogen-bond donors (Lipinski definition) is 1. The maximum Gasteiger partial charge on any atom is 0.307 e. The van der Waals surface area contributed by atoms with Crippen LogP contribution in [0, 0.1) is 10.1 Å². The highest BCUT2D eigenvalue weighted by molar-refractivity contribution is 7.89. The number of ether oxygens (including phenoxy) is 1. The minimum atomic E-state index is -4.12. The van der Waals surface area contributed by atoms with Crippen molar-refractivity contribution in [2.24, 2.45) is 0 Å². The van der Waals surface area contributed by atoms with Crippen molar-refractivity contribution >= 4 is 27.6 Å². The van der Waals surface area contributed by atoms with Crippen LogP contribution in [0.2, 0.25) is 0 Å². The van der Waals surface area contributed by atoms with Gasteiger partial charge in [-0.05, 0) is 18.6 Å². The summed E-state index contributed by atoms with van der Waals surface area (Å²) in [5, 5.41) is 13.3. The van der Waals surface area contributed by atoms with E-state index in [9.17, 15) is 28.1 Å². The molecular weight excluding hydrogens is 378 g/mol. The van der Waals surface area contributed by atoms with E-state index in [4.69, 9.17) is 4.74 Å². The lowest BCUT2D eigenvalue weighted by Gasteiger charge is -2.33. The quantitative estimate of drug-likeness (QED) is 0.296. The smallest absolute Gasteiger partial charge is 0.307 e. The number of piperazine rings is 1. The third-order valence-corrected chi connectivity index (χ3v) is 5.98. The van der Waals surface area contributed by atoms with Gasteiger partial charge in [0.05, 0.1) is 22.8 Å². The molecule has 1 fully saturated rings. The molecule has 1 N–H and O–H groups in total. The first-order valence-electron chi connectivity index (χ1n) is 8.47. The number of unbranched alkanes of at least 4 members (excludes halogenated alkanes) is 1. The van der Waals surface area contributed by atoms with Crippen molar-refractivity contribution in [3.63, 3.8) is 0 Å². The van der Waals surface area contributed by atoms with E-state index in [0.717, 1.165) is 35.0 Å². The molecule has 0 bridgehead atoms. The van der Waals surface area contributed by atoms with Gasteiger partial charge < -0.3 is 10.1 Å². The molecule has 1 heterocycles. The molecule has 11 heteroatoms. The van der Waals surface area contributed by atoms with Crippen LogP contribution in [0.1, 0.15) is 26.2 Å². The van der Waals surface area contributed by atoms with Crippen LogP contribution in [0.5, 0.6) is 0 Å². The fraction of sp³-hybridized carbons (Fsp3) is 0.500. The monoisotopic (exact) mass is 399 g/mol. The molecule has 10 nitrogen and oxygen atoms in total. The predicted octanol–water partition coefficient (Wildman–Crippen LogP) is 0.817. The Balaban J connectivity index is 2.22. The van der Waals surface area contributed by atoms with Crippen molar-refractivity contribution in [2.75, 3.05) is 19.7 Å². The Bertz CT molecular complexity index is 808. The summed E-state index contributed by atoms with van der Waals surface area (Å²) >= 11 is 0. The number of esters is 1. The molecule has 1 amide bonds. The second-order valence-corrected chi connectivity index (χ2v) is 7.84. The number of benzene rings is 1. The number of nitrogens with zero attached hydrogens (tertiary/aromatic N) is 2. The van der Waals surface area contributed by atoms with Gasteiger partial charge in [0.2, 0.25) is 15.9 Å². The summed E-state index contributed by atoms with van der Waals surface area (Å²) < 4.78 is 31.7. The van der Waals surface area contributed by atoms with Gasteiger partial charge in [-0.25, -0.2) is 8.42 Å². The first kappa shape index (κ1) is 20.8. The maximum atomic E-state index is 12.9. The van der Waals surface area contributed by atoms with Gasteiger partial charge in [-0.1, -0.05) is 13.3 Å². The average Bonchev–Trinajstić information content (AvgIpc) is 2.63. The lowest BCUT2D eigenvalue weighted by Crippen LogP contribution is -2.57. The number of sulfonamides is 1. The van der Waals surface area contributed by atoms with Crippen molar-refractivity contribution in [3.8, 4) is 0 Å². The highest BCUT2D eigenvalue weighted by atomic mass is 32.2. The molecule has 1 atom stereocenters. The molecule has 1 saturated heterocycles. The molecule has 0 radical (unpaired) electrons. The number of nitro benzene ring substituents is 1. The van der Waals surface area contributed by atoms with Gasteiger partial charge in [-0.15, -0.1) is 0 Å². The summed E-state index contributed by atoms with van der Waals surface area (Å²) in [5.41, 5.74) is -0.249. The predicted molar refractivity (Wildman–Crippen MR) is 94.3 cm³/mol. The molecule has 2 rings (SSSR count). The maximum absolute atomic E-state index is 12.9. The Labute approximate surface area is 156 Å². The van der Waals surface area contributed by atoms with Crippen molar-refractivity contribution in [1.82, 2.24) is 9.62 Å². The molecule has 148 valence electrons. The third kappa shape index (κ3) is 5.01. The van der Waals surface area contributed by atoms with Crippen molar-refractivity contribution in [2.45, 2.75) is 37.1 Å². The number of amides is 1. The summed E-state index contributed by atoms with van der Waals surface area (Å²) in [7, 11) is -4.12. The molecule has 0 saturated carbocycles. The number of rotatable bonds is 8. The van der Waals surface area contributed by atoms with Crippen molar-refractivity contribution in [1.29, 1.82) is 0 Å². The van der Waals surface area contributed by atoms with Gasteiger partial charge in [-0.3, -0.25) is 19.7 Å². The normalized spacial score (nSPS) is 18.0. The Morgan fingerprint density at radius 2 is 2.04 bits per heavy atom. The lowest BCUT2D eigenvalue weighted by molar-refractivity contribution is -0.384. The summed E-state index contributed by atoms with van der Waals surface area (Å²) in [6.07, 6.45) is 1.10. The fourth-order valence-electron chi connectivity index (χ4n) is 2.60. The van der Waals surface area contributed by atoms with Crippen LogP contribution >= 0.6 is 0 Å². The van der Waals surface area contributed by atoms with Crippen molar-refractivity contribution in [3.05, 3.63) is 34.4 Å². The fourth-order valence-corrected chi connectivity index (χ4v) is 4.19. The van der Waals surface area contributed by atoms with E-state index < -0.39 is 39.3 Å². The minimum Gasteiger partial charge on any atom is -0.466 e. The average molecular weight is 399 g/mol. The topological polar surface area (TPSA) is 136 Å². The standard InChI is InChI=1S/C16H21N3O7S/c1-2-3-10-26-15(20)11-14-16(21)17-8-9-18(14)27(24,25)13-6-4-12(5-7-13)19(22)23/h4-7,14H,2-3,8-11H2,1H3,(H,17,21). The summed E-state index contributed by atoms with van der Waals surface area (Å²) in [6, 6.07) is 3.14. The molecule has 1 aliphatic heterocycles. The molecular formula is C16H21N3O7S. The van der Waals surface area contributed by atoms with E-state index in [1.165, 1.54) is 0 Å². The Kier molecular flexibility index (Phi) is 6.86. The van der Waals surface area contributed by atoms with Gasteiger partial charge in [-0.2, -0.15) is 4.31 Å². The van der Waals surface area contributed by atoms with Gasteiger partial charge >= 0.3 is 5.97 Å². The highest BCUT2D eigenvalue weighted by Crippen LogP contribution is 2.23. The Hall–Kier alpha value is -2.53. The largest absolute Gasteiger partial charge is 0.466 e. The summed E-state index contributed by atoms with van der Waals surface area (Å²) in [4.78, 5) is 34.0. The van der Waals surface area contributed by atoms with Crippen LogP contribution in [0.3, 0.4) is 0 Å². The molecule has 0 aromatic heterocycles. The first-order valence-corrected chi connectivity index (χ1v) is 9.91. The van der Waals surface area contributed by atoms with E-state index in [0.29, 0.717) is 6.42 Å². The van der Waals surface area contributed by atoms with E-state index in [2.05, 4.69) is 5.32 Å². The minimum absolute atomic E-state index is 0.0159. The van der Waals surface area contributed by atoms with Gasteiger partial charge in [0.25, 0.3) is 5.69 Å². The SMILES string of the molecule is CCCCOC(=O)CC1C(=O)NCCN1S(=O)(=O)c1ccc([N+](=O)[O-])cc1. The molecule has 27 heavy (non-hydrogen) atoms. The van der Waals surface area contributed by atoms with Crippen LogP contribution in [0.25, 0.3) is 0 Å². The number of nitro groups is 1. The Morgan fingerprint density at radius 3 is 2.63 bits per heavy atom. The zero-order chi connectivity index (χ0) is 20.0. The Morgan fingerprint density at radius 1 is 1.37 bits per heavy atom. The van der Waals surface area contributed by atoms with Gasteiger partial charge in [0.15, 0.2) is 0 Å². The van der Waals surface area contributed by atoms with E-state index in [1.807, 2.05) is 6.92 Å². The summed E-state index contributed by atoms with van der Waals surface area (Å²) in [5.74, 6) is -1.24. The highest BCUT2D eigenvalue weighted by Gasteiger charge is 2.40. The molecule has 1 aromatic rings. The molecule has 1 unspecified atom stereocenters. The van der Waals surface area contributed by atoms with Crippen LogP contribution in [-0.4, -0.2) is 55.3 Å². The number of hydrogen-bond acceptors (Lipinski definition) is 7. The molecule has 0 aliphatic carbocycles. The van der Waals surface area contributed by atoms with Crippen LogP contribution in [0.15, 0.2) is 29.2 Å². The van der Waals surface area contributed by atoms with Crippen LogP contribution in [-0.2, 0) is 24.3 Å². The number of nitrogens with one attached hydrogen (secondary N) is 1.